The highest BCUT2D eigenvalue weighted by molar-refractivity contribution is 9.10. The SMILES string of the molecule is O=C(CSc1nncn1-c1cccc(Cl)c1)NCc1cn2cc(Br)ccc2n1. The molecule has 0 aliphatic heterocycles. The molecule has 0 aliphatic rings. The number of nitrogens with zero attached hydrogens (tertiary/aromatic N) is 5. The van der Waals surface area contributed by atoms with Gasteiger partial charge < -0.3 is 9.72 Å². The Hall–Kier alpha value is -2.36. The molecule has 142 valence electrons. The number of benzene rings is 1. The molecule has 0 bridgehead atoms. The van der Waals surface area contributed by atoms with Crippen LogP contribution < -0.4 is 5.32 Å². The molecule has 0 aliphatic carbocycles. The number of amides is 1. The van der Waals surface area contributed by atoms with Gasteiger partial charge in [-0.05, 0) is 46.3 Å². The second-order valence-electron chi connectivity index (χ2n) is 5.87. The van der Waals surface area contributed by atoms with Gasteiger partial charge in [-0.15, -0.1) is 10.2 Å². The molecule has 4 rings (SSSR count). The van der Waals surface area contributed by atoms with Crippen LogP contribution in [0.2, 0.25) is 5.02 Å². The fourth-order valence-electron chi connectivity index (χ4n) is 2.60. The van der Waals surface area contributed by atoms with Gasteiger partial charge in [-0.2, -0.15) is 0 Å². The second kappa shape index (κ2) is 8.34. The highest BCUT2D eigenvalue weighted by atomic mass is 79.9. The Morgan fingerprint density at radius 3 is 3.00 bits per heavy atom. The number of carbonyl (C=O) groups excluding carboxylic acids is 1. The Morgan fingerprint density at radius 2 is 2.14 bits per heavy atom. The molecule has 4 aromatic rings. The van der Waals surface area contributed by atoms with Crippen LogP contribution in [-0.2, 0) is 11.3 Å². The maximum absolute atomic E-state index is 12.2. The quantitative estimate of drug-likeness (QED) is 0.428. The van der Waals surface area contributed by atoms with Crippen LogP contribution in [0.1, 0.15) is 5.69 Å². The number of halogens is 2. The number of fused-ring (bicyclic) bond motifs is 1. The Balaban J connectivity index is 1.35. The second-order valence-corrected chi connectivity index (χ2v) is 8.17. The predicted molar refractivity (Wildman–Crippen MR) is 112 cm³/mol. The summed E-state index contributed by atoms with van der Waals surface area (Å²) >= 11 is 10.8. The molecule has 3 heterocycles. The lowest BCUT2D eigenvalue weighted by Crippen LogP contribution is -2.24. The van der Waals surface area contributed by atoms with Crippen molar-refractivity contribution in [2.24, 2.45) is 0 Å². The van der Waals surface area contributed by atoms with Crippen LogP contribution in [0.4, 0.5) is 0 Å². The molecule has 0 saturated heterocycles. The molecule has 1 amide bonds. The van der Waals surface area contributed by atoms with E-state index < -0.39 is 0 Å². The first-order valence-corrected chi connectivity index (χ1v) is 10.4. The molecule has 0 unspecified atom stereocenters. The first kappa shape index (κ1) is 19.0. The van der Waals surface area contributed by atoms with Gasteiger partial charge in [0.25, 0.3) is 0 Å². The van der Waals surface area contributed by atoms with E-state index in [0.717, 1.165) is 21.5 Å². The van der Waals surface area contributed by atoms with Crippen LogP contribution in [0.25, 0.3) is 11.3 Å². The van der Waals surface area contributed by atoms with Crippen molar-refractivity contribution in [2.45, 2.75) is 11.7 Å². The summed E-state index contributed by atoms with van der Waals surface area (Å²) in [6.07, 6.45) is 5.41. The van der Waals surface area contributed by atoms with Gasteiger partial charge in [0.15, 0.2) is 5.16 Å². The monoisotopic (exact) mass is 476 g/mol. The van der Waals surface area contributed by atoms with Crippen LogP contribution in [0, 0.1) is 0 Å². The van der Waals surface area contributed by atoms with Crippen molar-refractivity contribution in [3.8, 4) is 5.69 Å². The van der Waals surface area contributed by atoms with Crippen LogP contribution in [0.15, 0.2) is 64.7 Å². The molecule has 0 saturated carbocycles. The fraction of sp³-hybridized carbons (Fsp3) is 0.111. The van der Waals surface area contributed by atoms with Crippen LogP contribution in [-0.4, -0.2) is 35.8 Å². The van der Waals surface area contributed by atoms with Crippen molar-refractivity contribution in [1.29, 1.82) is 0 Å². The van der Waals surface area contributed by atoms with E-state index >= 15 is 0 Å². The molecule has 0 atom stereocenters. The Morgan fingerprint density at radius 1 is 1.25 bits per heavy atom. The third kappa shape index (κ3) is 4.37. The molecule has 0 fully saturated rings. The number of thioether (sulfide) groups is 1. The summed E-state index contributed by atoms with van der Waals surface area (Å²) in [5.41, 5.74) is 2.46. The lowest BCUT2D eigenvalue weighted by Gasteiger charge is -2.06. The molecule has 10 heteroatoms. The highest BCUT2D eigenvalue weighted by Gasteiger charge is 2.11. The molecule has 0 spiro atoms. The summed E-state index contributed by atoms with van der Waals surface area (Å²) < 4.78 is 4.67. The van der Waals surface area contributed by atoms with Gasteiger partial charge in [-0.1, -0.05) is 29.4 Å². The first-order chi connectivity index (χ1) is 13.6. The number of hydrogen-bond donors (Lipinski definition) is 1. The topological polar surface area (TPSA) is 77.1 Å². The average molecular weight is 478 g/mol. The molecular weight excluding hydrogens is 464 g/mol. The number of nitrogens with one attached hydrogen (secondary N) is 1. The van der Waals surface area contributed by atoms with Crippen LogP contribution in [0.5, 0.6) is 0 Å². The number of aromatic nitrogens is 5. The number of pyridine rings is 1. The summed E-state index contributed by atoms with van der Waals surface area (Å²) in [7, 11) is 0. The van der Waals surface area contributed by atoms with Crippen molar-refractivity contribution in [1.82, 2.24) is 29.5 Å². The van der Waals surface area contributed by atoms with Crippen LogP contribution in [0.3, 0.4) is 0 Å². The predicted octanol–water partition coefficient (Wildman–Crippen LogP) is 3.74. The van der Waals surface area contributed by atoms with Gasteiger partial charge in [-0.3, -0.25) is 9.36 Å². The third-order valence-corrected chi connectivity index (χ3v) is 5.51. The number of carbonyl (C=O) groups is 1. The standard InChI is InChI=1S/C18H14BrClN6OS/c19-12-4-5-16-23-14(9-25(16)8-12)7-21-17(27)10-28-18-24-22-11-26(18)15-3-1-2-13(20)6-15/h1-6,8-9,11H,7,10H2,(H,21,27). The lowest BCUT2D eigenvalue weighted by atomic mass is 10.3. The van der Waals surface area contributed by atoms with Crippen molar-refractivity contribution in [3.63, 3.8) is 0 Å². The van der Waals surface area contributed by atoms with E-state index in [2.05, 4.69) is 36.4 Å². The lowest BCUT2D eigenvalue weighted by molar-refractivity contribution is -0.118. The van der Waals surface area contributed by atoms with Crippen molar-refractivity contribution in [3.05, 3.63) is 70.3 Å². The summed E-state index contributed by atoms with van der Waals surface area (Å²) in [5.74, 6) is 0.113. The largest absolute Gasteiger partial charge is 0.350 e. The van der Waals surface area contributed by atoms with E-state index in [1.54, 1.807) is 17.0 Å². The van der Waals surface area contributed by atoms with Crippen molar-refractivity contribution >= 4 is 50.8 Å². The van der Waals surface area contributed by atoms with E-state index in [-0.39, 0.29) is 11.7 Å². The smallest absolute Gasteiger partial charge is 0.230 e. The van der Waals surface area contributed by atoms with Gasteiger partial charge in [0, 0.05) is 21.9 Å². The van der Waals surface area contributed by atoms with Gasteiger partial charge in [0.1, 0.15) is 12.0 Å². The minimum Gasteiger partial charge on any atom is -0.350 e. The first-order valence-electron chi connectivity index (χ1n) is 8.27. The maximum Gasteiger partial charge on any atom is 0.230 e. The Kier molecular flexibility index (Phi) is 5.65. The molecule has 28 heavy (non-hydrogen) atoms. The zero-order chi connectivity index (χ0) is 19.5. The maximum atomic E-state index is 12.2. The average Bonchev–Trinajstić information content (AvgIpc) is 3.30. The summed E-state index contributed by atoms with van der Waals surface area (Å²) in [4.78, 5) is 16.7. The van der Waals surface area contributed by atoms with Crippen LogP contribution >= 0.6 is 39.3 Å². The zero-order valence-electron chi connectivity index (χ0n) is 14.4. The van der Waals surface area contributed by atoms with Gasteiger partial charge in [-0.25, -0.2) is 4.98 Å². The normalized spacial score (nSPS) is 11.1. The van der Waals surface area contributed by atoms with Crippen molar-refractivity contribution in [2.75, 3.05) is 5.75 Å². The Labute approximate surface area is 178 Å². The van der Waals surface area contributed by atoms with E-state index in [1.807, 2.05) is 47.1 Å². The number of rotatable bonds is 6. The summed E-state index contributed by atoms with van der Waals surface area (Å²) in [6, 6.07) is 11.2. The summed E-state index contributed by atoms with van der Waals surface area (Å²) in [5, 5.41) is 12.1. The van der Waals surface area contributed by atoms with E-state index in [4.69, 9.17) is 11.6 Å². The molecule has 1 N–H and O–H groups in total. The van der Waals surface area contributed by atoms with E-state index in [9.17, 15) is 4.79 Å². The van der Waals surface area contributed by atoms with Gasteiger partial charge in [0.2, 0.25) is 5.91 Å². The molecule has 7 nitrogen and oxygen atoms in total. The minimum absolute atomic E-state index is 0.108. The molecule has 3 aromatic heterocycles. The molecule has 0 radical (unpaired) electrons. The third-order valence-electron chi connectivity index (χ3n) is 3.87. The number of imidazole rings is 1. The highest BCUT2D eigenvalue weighted by Crippen LogP contribution is 2.21. The molecule has 1 aromatic carbocycles. The van der Waals surface area contributed by atoms with E-state index in [0.29, 0.717) is 16.7 Å². The number of hydrogen-bond acceptors (Lipinski definition) is 5. The zero-order valence-corrected chi connectivity index (χ0v) is 17.6. The fourth-order valence-corrected chi connectivity index (χ4v) is 3.89. The van der Waals surface area contributed by atoms with Gasteiger partial charge >= 0.3 is 0 Å². The Bertz CT molecular complexity index is 1140. The molecular formula is C18H14BrClN6OS. The van der Waals surface area contributed by atoms with E-state index in [1.165, 1.54) is 11.8 Å². The van der Waals surface area contributed by atoms with Gasteiger partial charge in [0.05, 0.1) is 23.7 Å². The minimum atomic E-state index is -0.108. The van der Waals surface area contributed by atoms with Crippen molar-refractivity contribution < 1.29 is 4.79 Å². The summed E-state index contributed by atoms with van der Waals surface area (Å²) in [6.45, 7) is 0.361.